The SMILES string of the molecule is CNC(=O)c1cc2nc(-c3ccc4cn[nH]c4c3)n(C(CC(=O)NCc3nc(C)no3)C(C)(C)C)c2cc1Cl.Cl. The van der Waals surface area contributed by atoms with Crippen LogP contribution in [0.4, 0.5) is 0 Å². The second-order valence-electron chi connectivity index (χ2n) is 10.5. The first-order valence-electron chi connectivity index (χ1n) is 12.5. The van der Waals surface area contributed by atoms with E-state index in [0.717, 1.165) is 16.5 Å². The summed E-state index contributed by atoms with van der Waals surface area (Å²) in [6.07, 6.45) is 1.90. The highest BCUT2D eigenvalue weighted by Crippen LogP contribution is 2.41. The molecule has 5 aromatic rings. The summed E-state index contributed by atoms with van der Waals surface area (Å²) in [5, 5.41) is 17.7. The molecular weight excluding hydrogens is 555 g/mol. The normalized spacial score (nSPS) is 12.3. The van der Waals surface area contributed by atoms with E-state index in [-0.39, 0.29) is 48.6 Å². The molecule has 1 atom stereocenters. The maximum atomic E-state index is 13.2. The molecule has 13 heteroatoms. The van der Waals surface area contributed by atoms with E-state index in [1.165, 1.54) is 0 Å². The third-order valence-corrected chi connectivity index (χ3v) is 6.96. The van der Waals surface area contributed by atoms with Crippen molar-refractivity contribution in [2.75, 3.05) is 7.05 Å². The van der Waals surface area contributed by atoms with Crippen molar-refractivity contribution < 1.29 is 14.1 Å². The minimum atomic E-state index is -0.370. The Hall–Kier alpha value is -3.96. The van der Waals surface area contributed by atoms with Crippen molar-refractivity contribution in [3.05, 3.63) is 58.8 Å². The summed E-state index contributed by atoms with van der Waals surface area (Å²) in [5.74, 6) is 0.995. The molecule has 3 N–H and O–H groups in total. The lowest BCUT2D eigenvalue weighted by Gasteiger charge is -2.33. The number of hydrogen-bond donors (Lipinski definition) is 3. The van der Waals surface area contributed by atoms with E-state index >= 15 is 0 Å². The highest BCUT2D eigenvalue weighted by Gasteiger charge is 2.33. The lowest BCUT2D eigenvalue weighted by atomic mass is 9.84. The minimum Gasteiger partial charge on any atom is -0.355 e. The fourth-order valence-corrected chi connectivity index (χ4v) is 4.88. The van der Waals surface area contributed by atoms with Gasteiger partial charge in [0.1, 0.15) is 5.82 Å². The standard InChI is InChI=1S/C27H29ClN8O3.ClH/c1-14-32-24(39-35-14)13-30-23(37)11-22(27(2,3)4)36-21-10-18(28)17(26(38)29-5)9-20(21)33-25(36)15-6-7-16-12-31-34-19(16)8-15;/h6-10,12,22H,11,13H2,1-5H3,(H,29,38)(H,30,37)(H,31,34);1H. The molecule has 0 bridgehead atoms. The van der Waals surface area contributed by atoms with Gasteiger partial charge in [-0.1, -0.05) is 49.7 Å². The van der Waals surface area contributed by atoms with Crippen LogP contribution in [-0.2, 0) is 11.3 Å². The highest BCUT2D eigenvalue weighted by molar-refractivity contribution is 6.34. The summed E-state index contributed by atoms with van der Waals surface area (Å²) in [4.78, 5) is 34.8. The van der Waals surface area contributed by atoms with E-state index in [4.69, 9.17) is 21.1 Å². The Morgan fingerprint density at radius 1 is 1.18 bits per heavy atom. The summed E-state index contributed by atoms with van der Waals surface area (Å²) in [6, 6.07) is 8.99. The summed E-state index contributed by atoms with van der Waals surface area (Å²) in [6.45, 7) is 8.06. The lowest BCUT2D eigenvalue weighted by molar-refractivity contribution is -0.122. The number of fused-ring (bicyclic) bond motifs is 2. The van der Waals surface area contributed by atoms with E-state index in [9.17, 15) is 9.59 Å². The Morgan fingerprint density at radius 2 is 1.95 bits per heavy atom. The number of amides is 2. The van der Waals surface area contributed by atoms with Crippen LogP contribution in [0, 0.1) is 12.3 Å². The van der Waals surface area contributed by atoms with Crippen molar-refractivity contribution in [1.29, 1.82) is 0 Å². The van der Waals surface area contributed by atoms with Gasteiger partial charge < -0.3 is 19.7 Å². The molecule has 0 aliphatic heterocycles. The molecule has 0 aliphatic rings. The first-order valence-corrected chi connectivity index (χ1v) is 12.9. The monoisotopic (exact) mass is 584 g/mol. The summed E-state index contributed by atoms with van der Waals surface area (Å²) in [5.41, 5.74) is 2.95. The van der Waals surface area contributed by atoms with Gasteiger partial charge in [0, 0.05) is 30.5 Å². The first kappa shape index (κ1) is 29.0. The number of carbonyl (C=O) groups excluding carboxylic acids is 2. The van der Waals surface area contributed by atoms with Crippen LogP contribution in [0.15, 0.2) is 41.1 Å². The van der Waals surface area contributed by atoms with E-state index < -0.39 is 0 Å². The zero-order valence-corrected chi connectivity index (χ0v) is 24.3. The van der Waals surface area contributed by atoms with Crippen LogP contribution < -0.4 is 10.6 Å². The van der Waals surface area contributed by atoms with Crippen LogP contribution in [0.1, 0.15) is 55.3 Å². The van der Waals surface area contributed by atoms with Crippen LogP contribution in [-0.4, -0.2) is 48.8 Å². The Morgan fingerprint density at radius 3 is 2.62 bits per heavy atom. The molecule has 40 heavy (non-hydrogen) atoms. The van der Waals surface area contributed by atoms with Gasteiger partial charge in [0.25, 0.3) is 5.91 Å². The van der Waals surface area contributed by atoms with Gasteiger partial charge in [-0.15, -0.1) is 12.4 Å². The van der Waals surface area contributed by atoms with Crippen molar-refractivity contribution in [2.24, 2.45) is 5.41 Å². The van der Waals surface area contributed by atoms with Gasteiger partial charge in [0.15, 0.2) is 5.82 Å². The van der Waals surface area contributed by atoms with Crippen LogP contribution in [0.3, 0.4) is 0 Å². The molecule has 0 saturated heterocycles. The Balaban J connectivity index is 0.00000370. The number of hydrogen-bond acceptors (Lipinski definition) is 7. The molecule has 3 heterocycles. The number of nitrogens with one attached hydrogen (secondary N) is 3. The molecule has 3 aromatic heterocycles. The van der Waals surface area contributed by atoms with Crippen molar-refractivity contribution in [3.8, 4) is 11.4 Å². The second-order valence-corrected chi connectivity index (χ2v) is 10.9. The van der Waals surface area contributed by atoms with Crippen LogP contribution >= 0.6 is 24.0 Å². The smallest absolute Gasteiger partial charge is 0.252 e. The number of aryl methyl sites for hydroxylation is 1. The predicted molar refractivity (Wildman–Crippen MR) is 154 cm³/mol. The Kier molecular flexibility index (Phi) is 8.18. The summed E-state index contributed by atoms with van der Waals surface area (Å²) in [7, 11) is 1.55. The van der Waals surface area contributed by atoms with Gasteiger partial charge in [0.2, 0.25) is 11.8 Å². The number of aromatic amines is 1. The van der Waals surface area contributed by atoms with E-state index in [1.54, 1.807) is 32.3 Å². The quantitative estimate of drug-likeness (QED) is 0.244. The highest BCUT2D eigenvalue weighted by atomic mass is 35.5. The van der Waals surface area contributed by atoms with Gasteiger partial charge in [-0.2, -0.15) is 10.1 Å². The predicted octanol–water partition coefficient (Wildman–Crippen LogP) is 5.00. The molecule has 5 rings (SSSR count). The van der Waals surface area contributed by atoms with Crippen molar-refractivity contribution in [1.82, 2.24) is 40.5 Å². The Labute approximate surface area is 241 Å². The number of aromatic nitrogens is 6. The molecule has 0 spiro atoms. The average molecular weight is 585 g/mol. The topological polar surface area (TPSA) is 144 Å². The molecular formula is C27H30Cl2N8O3. The van der Waals surface area contributed by atoms with Gasteiger partial charge in [-0.05, 0) is 30.5 Å². The number of nitrogens with zero attached hydrogens (tertiary/aromatic N) is 5. The number of halogens is 2. The van der Waals surface area contributed by atoms with E-state index in [1.807, 2.05) is 22.8 Å². The fourth-order valence-electron chi connectivity index (χ4n) is 4.64. The lowest BCUT2D eigenvalue weighted by Crippen LogP contribution is -2.32. The maximum absolute atomic E-state index is 13.2. The van der Waals surface area contributed by atoms with Crippen molar-refractivity contribution in [3.63, 3.8) is 0 Å². The van der Waals surface area contributed by atoms with Gasteiger partial charge in [-0.25, -0.2) is 4.98 Å². The molecule has 2 aromatic carbocycles. The zero-order chi connectivity index (χ0) is 27.9. The molecule has 1 unspecified atom stereocenters. The summed E-state index contributed by atoms with van der Waals surface area (Å²) < 4.78 is 7.17. The molecule has 0 aliphatic carbocycles. The van der Waals surface area contributed by atoms with Crippen LogP contribution in [0.25, 0.3) is 33.3 Å². The van der Waals surface area contributed by atoms with Gasteiger partial charge in [-0.3, -0.25) is 14.7 Å². The van der Waals surface area contributed by atoms with Crippen LogP contribution in [0.5, 0.6) is 0 Å². The van der Waals surface area contributed by atoms with Crippen molar-refractivity contribution >= 4 is 57.8 Å². The van der Waals surface area contributed by atoms with Gasteiger partial charge >= 0.3 is 0 Å². The largest absolute Gasteiger partial charge is 0.355 e. The molecule has 2 amide bonds. The molecule has 0 radical (unpaired) electrons. The Bertz CT molecular complexity index is 1700. The number of rotatable bonds is 7. The first-order chi connectivity index (χ1) is 18.5. The molecule has 11 nitrogen and oxygen atoms in total. The van der Waals surface area contributed by atoms with Crippen molar-refractivity contribution in [2.45, 2.75) is 46.7 Å². The number of benzene rings is 2. The third kappa shape index (κ3) is 5.66. The average Bonchev–Trinajstić information content (AvgIpc) is 3.62. The van der Waals surface area contributed by atoms with Crippen LogP contribution in [0.2, 0.25) is 5.02 Å². The number of carbonyl (C=O) groups is 2. The minimum absolute atomic E-state index is 0. The second kappa shape index (κ2) is 11.3. The fraction of sp³-hybridized carbons (Fsp3) is 0.333. The summed E-state index contributed by atoms with van der Waals surface area (Å²) >= 11 is 6.59. The zero-order valence-electron chi connectivity index (χ0n) is 22.7. The van der Waals surface area contributed by atoms with E-state index in [2.05, 4.69) is 51.7 Å². The van der Waals surface area contributed by atoms with E-state index in [0.29, 0.717) is 39.2 Å². The number of H-pyrrole nitrogens is 1. The molecule has 210 valence electrons. The maximum Gasteiger partial charge on any atom is 0.252 e. The number of imidazole rings is 1. The molecule has 0 fully saturated rings. The third-order valence-electron chi connectivity index (χ3n) is 6.65. The molecule has 0 saturated carbocycles. The van der Waals surface area contributed by atoms with Gasteiger partial charge in [0.05, 0.1) is 39.9 Å².